The van der Waals surface area contributed by atoms with Crippen LogP contribution in [0.4, 0.5) is 0 Å². The zero-order chi connectivity index (χ0) is 23.9. The Morgan fingerprint density at radius 3 is 1.34 bits per heavy atom. The molecule has 0 bridgehead atoms. The summed E-state index contributed by atoms with van der Waals surface area (Å²) in [6.45, 7) is 4.22. The third-order valence-electron chi connectivity index (χ3n) is 7.42. The maximum atomic E-state index is 4.72. The number of hydrogen-bond acceptors (Lipinski definition) is 2. The van der Waals surface area contributed by atoms with E-state index in [-0.39, 0.29) is 0 Å². The lowest BCUT2D eigenvalue weighted by molar-refractivity contribution is 0.738. The van der Waals surface area contributed by atoms with Gasteiger partial charge in [0.1, 0.15) is 0 Å². The average Bonchev–Trinajstić information content (AvgIpc) is 2.92. The number of aryl methyl sites for hydroxylation is 5. The molecule has 35 heavy (non-hydrogen) atoms. The van der Waals surface area contributed by atoms with E-state index in [2.05, 4.69) is 73.7 Å². The molecule has 2 heterocycles. The molecule has 3 aromatic rings. The first-order valence-electron chi connectivity index (χ1n) is 13.6. The van der Waals surface area contributed by atoms with Crippen LogP contribution in [0.1, 0.15) is 77.5 Å². The Bertz CT molecular complexity index is 1090. The number of hydrogen-bond donors (Lipinski definition) is 0. The molecule has 2 aliphatic rings. The molecule has 5 rings (SSSR count). The summed E-state index contributed by atoms with van der Waals surface area (Å²) in [6, 6.07) is 25.4. The summed E-state index contributed by atoms with van der Waals surface area (Å²) in [6.07, 6.45) is 11.6. The molecule has 0 unspecified atom stereocenters. The van der Waals surface area contributed by atoms with E-state index in [1.165, 1.54) is 76.1 Å². The predicted molar refractivity (Wildman–Crippen MR) is 149 cm³/mol. The Hall–Kier alpha value is -3.00. The molecule has 0 spiro atoms. The van der Waals surface area contributed by atoms with Crippen molar-refractivity contribution >= 4 is 11.4 Å². The molecule has 0 fully saturated rings. The van der Waals surface area contributed by atoms with Crippen LogP contribution >= 0.6 is 0 Å². The van der Waals surface area contributed by atoms with E-state index in [0.29, 0.717) is 0 Å². The van der Waals surface area contributed by atoms with Gasteiger partial charge in [-0.2, -0.15) is 0 Å². The zero-order valence-corrected chi connectivity index (χ0v) is 21.2. The van der Waals surface area contributed by atoms with Crippen molar-refractivity contribution in [3.05, 3.63) is 106 Å². The summed E-state index contributed by atoms with van der Waals surface area (Å²) in [5.41, 5.74) is 12.3. The van der Waals surface area contributed by atoms with E-state index in [1.54, 1.807) is 0 Å². The molecule has 0 aliphatic carbocycles. The highest BCUT2D eigenvalue weighted by molar-refractivity contribution is 6.01. The van der Waals surface area contributed by atoms with Crippen LogP contribution < -0.4 is 0 Å². The number of aliphatic imine (C=N–C) groups is 2. The van der Waals surface area contributed by atoms with E-state index in [0.717, 1.165) is 51.6 Å². The van der Waals surface area contributed by atoms with Crippen LogP contribution in [-0.2, 0) is 25.7 Å². The molecule has 0 aromatic heterocycles. The topological polar surface area (TPSA) is 24.7 Å². The smallest absolute Gasteiger partial charge is 0.0420 e. The lowest BCUT2D eigenvalue weighted by Gasteiger charge is -2.13. The van der Waals surface area contributed by atoms with Crippen LogP contribution in [0.25, 0.3) is 0 Å². The SMILES string of the molecule is Cc1cc(CCc2ccc(C3=NCCCC3)cc2)cc(CCc2ccc(C3=NCCCC3)cc2)c1. The molecule has 0 N–H and O–H groups in total. The third-order valence-corrected chi connectivity index (χ3v) is 7.42. The van der Waals surface area contributed by atoms with Gasteiger partial charge in [-0.15, -0.1) is 0 Å². The molecule has 3 aromatic carbocycles. The predicted octanol–water partition coefficient (Wildman–Crippen LogP) is 7.51. The quantitative estimate of drug-likeness (QED) is 0.331. The lowest BCUT2D eigenvalue weighted by atomic mass is 9.95. The first-order chi connectivity index (χ1) is 17.2. The van der Waals surface area contributed by atoms with Crippen LogP contribution in [0.5, 0.6) is 0 Å². The summed E-state index contributed by atoms with van der Waals surface area (Å²) in [7, 11) is 0. The number of rotatable bonds is 8. The molecule has 0 saturated heterocycles. The summed E-state index contributed by atoms with van der Waals surface area (Å²) in [4.78, 5) is 9.44. The first-order valence-corrected chi connectivity index (χ1v) is 13.6. The van der Waals surface area contributed by atoms with Crippen molar-refractivity contribution in [2.75, 3.05) is 13.1 Å². The van der Waals surface area contributed by atoms with Gasteiger partial charge in [0.2, 0.25) is 0 Å². The second kappa shape index (κ2) is 11.6. The Labute approximate surface area is 211 Å². The fraction of sp³-hybridized carbons (Fsp3) is 0.394. The molecule has 0 amide bonds. The second-order valence-corrected chi connectivity index (χ2v) is 10.3. The highest BCUT2D eigenvalue weighted by Crippen LogP contribution is 2.19. The van der Waals surface area contributed by atoms with Gasteiger partial charge in [0.05, 0.1) is 0 Å². The van der Waals surface area contributed by atoms with E-state index in [9.17, 15) is 0 Å². The minimum absolute atomic E-state index is 0.994. The highest BCUT2D eigenvalue weighted by Gasteiger charge is 2.09. The second-order valence-electron chi connectivity index (χ2n) is 10.3. The van der Waals surface area contributed by atoms with Crippen molar-refractivity contribution in [1.29, 1.82) is 0 Å². The maximum Gasteiger partial charge on any atom is 0.0420 e. The molecule has 2 heteroatoms. The molecule has 0 atom stereocenters. The van der Waals surface area contributed by atoms with E-state index < -0.39 is 0 Å². The van der Waals surface area contributed by atoms with Gasteiger partial charge in [0, 0.05) is 24.5 Å². The third kappa shape index (κ3) is 6.57. The van der Waals surface area contributed by atoms with Gasteiger partial charge in [-0.3, -0.25) is 9.98 Å². The fourth-order valence-corrected chi connectivity index (χ4v) is 5.41. The van der Waals surface area contributed by atoms with Crippen LogP contribution in [0, 0.1) is 6.92 Å². The van der Waals surface area contributed by atoms with Gasteiger partial charge in [0.25, 0.3) is 0 Å². The van der Waals surface area contributed by atoms with Crippen molar-refractivity contribution in [2.24, 2.45) is 9.98 Å². The van der Waals surface area contributed by atoms with Crippen LogP contribution in [-0.4, -0.2) is 24.5 Å². The number of nitrogens with zero attached hydrogens (tertiary/aromatic N) is 2. The largest absolute Gasteiger partial charge is 0.289 e. The molecule has 0 saturated carbocycles. The van der Waals surface area contributed by atoms with Crippen molar-refractivity contribution in [1.82, 2.24) is 0 Å². The molecular formula is C33H38N2. The first kappa shape index (κ1) is 23.7. The molecule has 2 aliphatic heterocycles. The summed E-state index contributed by atoms with van der Waals surface area (Å²) < 4.78 is 0. The lowest BCUT2D eigenvalue weighted by Crippen LogP contribution is -2.07. The van der Waals surface area contributed by atoms with Crippen LogP contribution in [0.3, 0.4) is 0 Å². The standard InChI is InChI=1S/C33H38N2/c1-25-22-28(10-8-26-12-16-30(17-13-26)32-6-2-4-20-34-32)24-29(23-25)11-9-27-14-18-31(19-15-27)33-7-3-5-21-35-33/h12-19,22-24H,2-11,20-21H2,1H3. The minimum atomic E-state index is 0.994. The Kier molecular flexibility index (Phi) is 7.88. The van der Waals surface area contributed by atoms with E-state index in [4.69, 9.17) is 9.98 Å². The van der Waals surface area contributed by atoms with Crippen molar-refractivity contribution in [2.45, 2.75) is 71.1 Å². The Balaban J connectivity index is 1.16. The van der Waals surface area contributed by atoms with Crippen LogP contribution in [0.15, 0.2) is 76.7 Å². The van der Waals surface area contributed by atoms with E-state index >= 15 is 0 Å². The summed E-state index contributed by atoms with van der Waals surface area (Å²) >= 11 is 0. The molecule has 2 nitrogen and oxygen atoms in total. The van der Waals surface area contributed by atoms with Gasteiger partial charge in [0.15, 0.2) is 0 Å². The zero-order valence-electron chi connectivity index (χ0n) is 21.2. The normalized spacial score (nSPS) is 16.0. The van der Waals surface area contributed by atoms with Crippen molar-refractivity contribution < 1.29 is 0 Å². The maximum absolute atomic E-state index is 4.72. The van der Waals surface area contributed by atoms with Crippen molar-refractivity contribution in [3.63, 3.8) is 0 Å². The Morgan fingerprint density at radius 1 is 0.514 bits per heavy atom. The van der Waals surface area contributed by atoms with Gasteiger partial charge < -0.3 is 0 Å². The summed E-state index contributed by atoms with van der Waals surface area (Å²) in [5, 5.41) is 0. The molecule has 180 valence electrons. The van der Waals surface area contributed by atoms with Crippen molar-refractivity contribution in [3.8, 4) is 0 Å². The summed E-state index contributed by atoms with van der Waals surface area (Å²) in [5.74, 6) is 0. The highest BCUT2D eigenvalue weighted by atomic mass is 14.7. The number of benzene rings is 3. The van der Waals surface area contributed by atoms with Crippen LogP contribution in [0.2, 0.25) is 0 Å². The Morgan fingerprint density at radius 2 is 0.943 bits per heavy atom. The van der Waals surface area contributed by atoms with Gasteiger partial charge in [-0.1, -0.05) is 72.3 Å². The minimum Gasteiger partial charge on any atom is -0.289 e. The van der Waals surface area contributed by atoms with Gasteiger partial charge in [-0.05, 0) is 105 Å². The van der Waals surface area contributed by atoms with E-state index in [1.807, 2.05) is 0 Å². The van der Waals surface area contributed by atoms with Gasteiger partial charge >= 0.3 is 0 Å². The fourth-order valence-electron chi connectivity index (χ4n) is 5.41. The average molecular weight is 463 g/mol. The molecule has 0 radical (unpaired) electrons. The molecular weight excluding hydrogens is 424 g/mol. The van der Waals surface area contributed by atoms with Gasteiger partial charge in [-0.25, -0.2) is 0 Å². The monoisotopic (exact) mass is 462 g/mol.